The van der Waals surface area contributed by atoms with Crippen molar-refractivity contribution < 1.29 is 18.8 Å². The maximum Gasteiger partial charge on any atom is 0.321 e. The van der Waals surface area contributed by atoms with Gasteiger partial charge in [0.1, 0.15) is 5.82 Å². The summed E-state index contributed by atoms with van der Waals surface area (Å²) in [4.78, 5) is 44.7. The van der Waals surface area contributed by atoms with Gasteiger partial charge in [0.2, 0.25) is 0 Å². The number of carbonyl (C=O) groups excluding carboxylic acids is 3. The molecule has 2 N–H and O–H groups in total. The topological polar surface area (TPSA) is 85.0 Å². The molecule has 5 rings (SSSR count). The molecular weight excluding hydrogens is 497 g/mol. The summed E-state index contributed by atoms with van der Waals surface area (Å²) >= 11 is 0. The van der Waals surface area contributed by atoms with Gasteiger partial charge in [-0.2, -0.15) is 0 Å². The highest BCUT2D eigenvalue weighted by atomic mass is 19.1. The largest absolute Gasteiger partial charge is 0.367 e. The first kappa shape index (κ1) is 26.2. The first-order valence-electron chi connectivity index (χ1n) is 13.3. The maximum absolute atomic E-state index is 14.1. The van der Waals surface area contributed by atoms with Gasteiger partial charge in [0.25, 0.3) is 11.8 Å². The van der Waals surface area contributed by atoms with Gasteiger partial charge in [-0.3, -0.25) is 9.59 Å². The molecule has 0 saturated carbocycles. The second kappa shape index (κ2) is 11.6. The molecule has 2 saturated heterocycles. The molecule has 8 nitrogen and oxygen atoms in total. The Bertz CT molecular complexity index is 1360. The van der Waals surface area contributed by atoms with Crippen LogP contribution < -0.4 is 15.5 Å². The van der Waals surface area contributed by atoms with Crippen LogP contribution >= 0.6 is 0 Å². The predicted octanol–water partition coefficient (Wildman–Crippen LogP) is 4.98. The highest BCUT2D eigenvalue weighted by Crippen LogP contribution is 2.29. The number of piperazine rings is 1. The molecule has 39 heavy (non-hydrogen) atoms. The minimum absolute atomic E-state index is 0.0611. The number of halogens is 1. The monoisotopic (exact) mass is 529 g/mol. The molecule has 2 heterocycles. The van der Waals surface area contributed by atoms with Crippen LogP contribution in [-0.4, -0.2) is 66.9 Å². The summed E-state index contributed by atoms with van der Waals surface area (Å²) in [5.41, 5.74) is 3.48. The van der Waals surface area contributed by atoms with E-state index in [0.717, 1.165) is 29.8 Å². The molecule has 202 valence electrons. The van der Waals surface area contributed by atoms with E-state index in [-0.39, 0.29) is 17.5 Å². The molecule has 0 aromatic heterocycles. The minimum atomic E-state index is -0.607. The fraction of sp³-hybridized carbons (Fsp3) is 0.300. The number of anilines is 3. The molecule has 0 bridgehead atoms. The van der Waals surface area contributed by atoms with E-state index in [1.165, 1.54) is 18.2 Å². The highest BCUT2D eigenvalue weighted by molar-refractivity contribution is 6.06. The van der Waals surface area contributed by atoms with E-state index in [1.54, 1.807) is 23.1 Å². The molecule has 9 heteroatoms. The Morgan fingerprint density at radius 3 is 2.08 bits per heavy atom. The number of urea groups is 1. The lowest BCUT2D eigenvalue weighted by Crippen LogP contribution is -2.50. The minimum Gasteiger partial charge on any atom is -0.367 e. The van der Waals surface area contributed by atoms with Crippen LogP contribution in [-0.2, 0) is 0 Å². The van der Waals surface area contributed by atoms with Crippen LogP contribution in [0.15, 0.2) is 66.7 Å². The lowest BCUT2D eigenvalue weighted by Gasteiger charge is -2.37. The Kier molecular flexibility index (Phi) is 7.76. The molecule has 3 aromatic carbocycles. The van der Waals surface area contributed by atoms with Gasteiger partial charge in [0.15, 0.2) is 0 Å². The predicted molar refractivity (Wildman–Crippen MR) is 150 cm³/mol. The first-order valence-corrected chi connectivity index (χ1v) is 13.3. The van der Waals surface area contributed by atoms with Crippen LogP contribution in [0.25, 0.3) is 0 Å². The molecule has 0 spiro atoms. The van der Waals surface area contributed by atoms with Crippen molar-refractivity contribution in [3.63, 3.8) is 0 Å². The van der Waals surface area contributed by atoms with E-state index in [9.17, 15) is 18.8 Å². The molecule has 0 atom stereocenters. The zero-order valence-corrected chi connectivity index (χ0v) is 22.0. The van der Waals surface area contributed by atoms with Gasteiger partial charge in [0, 0.05) is 56.3 Å². The number of hydrogen-bond acceptors (Lipinski definition) is 4. The summed E-state index contributed by atoms with van der Waals surface area (Å²) in [5, 5.41) is 5.68. The van der Waals surface area contributed by atoms with Gasteiger partial charge in [-0.05, 0) is 62.2 Å². The lowest BCUT2D eigenvalue weighted by atomic mass is 10.1. The normalized spacial score (nSPS) is 15.3. The van der Waals surface area contributed by atoms with E-state index in [0.29, 0.717) is 50.5 Å². The lowest BCUT2D eigenvalue weighted by molar-refractivity contribution is 0.0792. The van der Waals surface area contributed by atoms with E-state index < -0.39 is 11.7 Å². The number of aryl methyl sites for hydroxylation is 1. The maximum atomic E-state index is 14.1. The van der Waals surface area contributed by atoms with Crippen LogP contribution in [0.1, 0.15) is 39.1 Å². The fourth-order valence-electron chi connectivity index (χ4n) is 4.99. The average molecular weight is 530 g/mol. The van der Waals surface area contributed by atoms with Gasteiger partial charge >= 0.3 is 6.03 Å². The van der Waals surface area contributed by atoms with Crippen molar-refractivity contribution in [3.05, 3.63) is 89.2 Å². The summed E-state index contributed by atoms with van der Waals surface area (Å²) < 4.78 is 14.1. The highest BCUT2D eigenvalue weighted by Gasteiger charge is 2.28. The zero-order valence-electron chi connectivity index (χ0n) is 22.0. The van der Waals surface area contributed by atoms with Gasteiger partial charge in [-0.1, -0.05) is 29.8 Å². The Morgan fingerprint density at radius 2 is 1.38 bits per heavy atom. The number of nitrogens with zero attached hydrogens (tertiary/aromatic N) is 3. The van der Waals surface area contributed by atoms with Crippen molar-refractivity contribution in [2.45, 2.75) is 19.8 Å². The summed E-state index contributed by atoms with van der Waals surface area (Å²) in [6.07, 6.45) is 1.92. The Balaban J connectivity index is 1.31. The van der Waals surface area contributed by atoms with Crippen LogP contribution in [0.3, 0.4) is 0 Å². The van der Waals surface area contributed by atoms with E-state index in [2.05, 4.69) is 15.5 Å². The number of rotatable bonds is 5. The summed E-state index contributed by atoms with van der Waals surface area (Å²) in [6.45, 7) is 5.50. The molecule has 0 aliphatic carbocycles. The van der Waals surface area contributed by atoms with Crippen LogP contribution in [0, 0.1) is 12.7 Å². The quantitative estimate of drug-likeness (QED) is 0.489. The second-order valence-electron chi connectivity index (χ2n) is 9.94. The second-order valence-corrected chi connectivity index (χ2v) is 9.94. The van der Waals surface area contributed by atoms with Gasteiger partial charge in [0.05, 0.1) is 11.1 Å². The fourth-order valence-corrected chi connectivity index (χ4v) is 4.99. The molecule has 4 amide bonds. The first-order chi connectivity index (χ1) is 18.9. The van der Waals surface area contributed by atoms with Crippen molar-refractivity contribution in [3.8, 4) is 0 Å². The van der Waals surface area contributed by atoms with Crippen molar-refractivity contribution >= 4 is 34.9 Å². The molecule has 0 unspecified atom stereocenters. The Morgan fingerprint density at radius 1 is 0.718 bits per heavy atom. The molecule has 2 aliphatic rings. The Labute approximate surface area is 227 Å². The molecular formula is C30H32FN5O3. The summed E-state index contributed by atoms with van der Waals surface area (Å²) in [6, 6.07) is 18.5. The number of likely N-dealkylation sites (tertiary alicyclic amines) is 1. The number of amides is 4. The van der Waals surface area contributed by atoms with Crippen LogP contribution in [0.5, 0.6) is 0 Å². The summed E-state index contributed by atoms with van der Waals surface area (Å²) in [5.74, 6) is -1.28. The number of hydrogen-bond donors (Lipinski definition) is 2. The molecule has 2 fully saturated rings. The number of nitrogens with one attached hydrogen (secondary N) is 2. The van der Waals surface area contributed by atoms with Crippen molar-refractivity contribution in [2.75, 3.05) is 54.8 Å². The van der Waals surface area contributed by atoms with Crippen molar-refractivity contribution in [1.82, 2.24) is 9.80 Å². The third-order valence-electron chi connectivity index (χ3n) is 7.21. The third-order valence-corrected chi connectivity index (χ3v) is 7.21. The van der Waals surface area contributed by atoms with Crippen molar-refractivity contribution in [1.29, 1.82) is 0 Å². The average Bonchev–Trinajstić information content (AvgIpc) is 3.49. The SMILES string of the molecule is Cc1ccc(NC(=O)N2CCN(c3ccc(NC(=O)c4ccccc4F)cc3C(=O)N3CCCC3)CC2)cc1. The zero-order chi connectivity index (χ0) is 27.4. The summed E-state index contributed by atoms with van der Waals surface area (Å²) in [7, 11) is 0. The van der Waals surface area contributed by atoms with E-state index >= 15 is 0 Å². The number of carbonyl (C=O) groups is 3. The smallest absolute Gasteiger partial charge is 0.321 e. The van der Waals surface area contributed by atoms with E-state index in [4.69, 9.17) is 0 Å². The van der Waals surface area contributed by atoms with Crippen LogP contribution in [0.2, 0.25) is 0 Å². The molecule has 0 radical (unpaired) electrons. The van der Waals surface area contributed by atoms with Gasteiger partial charge in [-0.15, -0.1) is 0 Å². The molecule has 3 aromatic rings. The number of benzene rings is 3. The molecule has 2 aliphatic heterocycles. The van der Waals surface area contributed by atoms with Gasteiger partial charge in [-0.25, -0.2) is 9.18 Å². The van der Waals surface area contributed by atoms with Crippen LogP contribution in [0.4, 0.5) is 26.2 Å². The van der Waals surface area contributed by atoms with Crippen molar-refractivity contribution in [2.24, 2.45) is 0 Å². The van der Waals surface area contributed by atoms with E-state index in [1.807, 2.05) is 42.2 Å². The third kappa shape index (κ3) is 6.03. The standard InChI is InChI=1S/C30H32FN5O3/c1-21-8-10-22(11-9-21)33-30(39)36-18-16-34(17-19-36)27-13-12-23(20-25(27)29(38)35-14-4-5-15-35)32-28(37)24-6-2-3-7-26(24)31/h2-3,6-13,20H,4-5,14-19H2,1H3,(H,32,37)(H,33,39). The van der Waals surface area contributed by atoms with Gasteiger partial charge < -0.3 is 25.3 Å². The Hall–Kier alpha value is -4.40.